The Hall–Kier alpha value is -1.06. The van der Waals surface area contributed by atoms with Crippen LogP contribution in [0.5, 0.6) is 0 Å². The molecule has 0 aliphatic carbocycles. The van der Waals surface area contributed by atoms with Gasteiger partial charge in [0.2, 0.25) is 5.91 Å². The van der Waals surface area contributed by atoms with E-state index in [0.717, 1.165) is 37.1 Å². The zero-order chi connectivity index (χ0) is 14.1. The first-order valence-corrected chi connectivity index (χ1v) is 7.77. The van der Waals surface area contributed by atoms with Gasteiger partial charge in [0.25, 0.3) is 0 Å². The zero-order valence-corrected chi connectivity index (χ0v) is 12.5. The van der Waals surface area contributed by atoms with Crippen molar-refractivity contribution < 1.29 is 9.53 Å². The first kappa shape index (κ1) is 13.9. The fourth-order valence-electron chi connectivity index (χ4n) is 3.05. The van der Waals surface area contributed by atoms with E-state index in [1.54, 1.807) is 0 Å². The maximum absolute atomic E-state index is 11.6. The summed E-state index contributed by atoms with van der Waals surface area (Å²) in [5, 5.41) is 2.84. The van der Waals surface area contributed by atoms with E-state index < -0.39 is 0 Å². The van der Waals surface area contributed by atoms with Crippen molar-refractivity contribution in [3.8, 4) is 0 Å². The molecule has 3 rings (SSSR count). The Kier molecular flexibility index (Phi) is 3.99. The molecule has 3 atom stereocenters. The normalized spacial score (nSPS) is 27.6. The minimum absolute atomic E-state index is 0.0927. The van der Waals surface area contributed by atoms with Gasteiger partial charge < -0.3 is 10.1 Å². The zero-order valence-electron chi connectivity index (χ0n) is 11.7. The van der Waals surface area contributed by atoms with E-state index in [-0.39, 0.29) is 17.4 Å². The minimum Gasteiger partial charge on any atom is -0.376 e. The van der Waals surface area contributed by atoms with Gasteiger partial charge in [0.1, 0.15) is 0 Å². The van der Waals surface area contributed by atoms with Gasteiger partial charge in [-0.05, 0) is 42.4 Å². The summed E-state index contributed by atoms with van der Waals surface area (Å²) in [7, 11) is 0. The number of hydrogen-bond donors (Lipinski definition) is 1. The molecule has 20 heavy (non-hydrogen) atoms. The number of fused-ring (bicyclic) bond motifs is 1. The molecule has 1 amide bonds. The fourth-order valence-corrected chi connectivity index (χ4v) is 3.50. The molecule has 0 saturated carbocycles. The van der Waals surface area contributed by atoms with Gasteiger partial charge in [0.05, 0.1) is 11.5 Å². The quantitative estimate of drug-likeness (QED) is 0.845. The molecular formula is C16H20ClNO2. The van der Waals surface area contributed by atoms with Gasteiger partial charge in [-0.3, -0.25) is 4.79 Å². The molecule has 1 N–H and O–H groups in total. The Bertz CT molecular complexity index is 517. The maximum atomic E-state index is 11.6. The van der Waals surface area contributed by atoms with Crippen LogP contribution in [-0.4, -0.2) is 18.6 Å². The van der Waals surface area contributed by atoms with Crippen LogP contribution in [0, 0.1) is 5.92 Å². The monoisotopic (exact) mass is 293 g/mol. The minimum atomic E-state index is -0.114. The summed E-state index contributed by atoms with van der Waals surface area (Å²) in [6, 6.07) is 6.12. The number of aryl methyl sites for hydroxylation is 1. The molecule has 3 nitrogen and oxygen atoms in total. The molecule has 2 heterocycles. The highest BCUT2D eigenvalue weighted by atomic mass is 35.5. The summed E-state index contributed by atoms with van der Waals surface area (Å²) >= 11 is 6.61. The van der Waals surface area contributed by atoms with Crippen molar-refractivity contribution in [2.24, 2.45) is 5.92 Å². The van der Waals surface area contributed by atoms with E-state index in [4.69, 9.17) is 16.3 Å². The highest BCUT2D eigenvalue weighted by Crippen LogP contribution is 2.37. The lowest BCUT2D eigenvalue weighted by molar-refractivity contribution is -0.116. The Balaban J connectivity index is 1.84. The van der Waals surface area contributed by atoms with Crippen LogP contribution in [0.15, 0.2) is 18.2 Å². The average Bonchev–Trinajstić information content (AvgIpc) is 2.76. The molecule has 0 radical (unpaired) electrons. The Morgan fingerprint density at radius 3 is 3.00 bits per heavy atom. The summed E-state index contributed by atoms with van der Waals surface area (Å²) in [4.78, 5) is 11.6. The largest absolute Gasteiger partial charge is 0.376 e. The molecule has 0 bridgehead atoms. The molecule has 1 fully saturated rings. The van der Waals surface area contributed by atoms with Crippen molar-refractivity contribution in [1.29, 1.82) is 0 Å². The third kappa shape index (κ3) is 2.70. The standard InChI is InChI=1S/C16H20ClNO2/c1-10-7-8-20-16(10)15(17)12-5-6-13-11(9-12)3-2-4-14(19)18-13/h5-6,9-10,15-16H,2-4,7-8H2,1H3,(H,18,19). The van der Waals surface area contributed by atoms with Gasteiger partial charge in [-0.1, -0.05) is 19.1 Å². The molecule has 108 valence electrons. The molecule has 3 unspecified atom stereocenters. The van der Waals surface area contributed by atoms with E-state index in [1.165, 1.54) is 5.56 Å². The van der Waals surface area contributed by atoms with Crippen LogP contribution < -0.4 is 5.32 Å². The number of anilines is 1. The van der Waals surface area contributed by atoms with Crippen LogP contribution in [0.25, 0.3) is 0 Å². The van der Waals surface area contributed by atoms with Crippen LogP contribution in [0.3, 0.4) is 0 Å². The summed E-state index contributed by atoms with van der Waals surface area (Å²) < 4.78 is 5.77. The van der Waals surface area contributed by atoms with Gasteiger partial charge in [0, 0.05) is 18.7 Å². The van der Waals surface area contributed by atoms with E-state index in [2.05, 4.69) is 18.3 Å². The van der Waals surface area contributed by atoms with Crippen LogP contribution >= 0.6 is 11.6 Å². The van der Waals surface area contributed by atoms with Crippen molar-refractivity contribution in [1.82, 2.24) is 0 Å². The lowest BCUT2D eigenvalue weighted by Gasteiger charge is -2.22. The summed E-state index contributed by atoms with van der Waals surface area (Å²) in [6.07, 6.45) is 3.58. The highest BCUT2D eigenvalue weighted by molar-refractivity contribution is 6.21. The van der Waals surface area contributed by atoms with E-state index in [1.807, 2.05) is 12.1 Å². The van der Waals surface area contributed by atoms with E-state index in [0.29, 0.717) is 12.3 Å². The first-order valence-electron chi connectivity index (χ1n) is 7.33. The Morgan fingerprint density at radius 2 is 2.25 bits per heavy atom. The predicted molar refractivity (Wildman–Crippen MR) is 80.1 cm³/mol. The Morgan fingerprint density at radius 1 is 1.40 bits per heavy atom. The van der Waals surface area contributed by atoms with Crippen LogP contribution in [0.2, 0.25) is 0 Å². The van der Waals surface area contributed by atoms with Crippen molar-refractivity contribution in [3.05, 3.63) is 29.3 Å². The molecule has 2 aliphatic rings. The number of halogens is 1. The number of alkyl halides is 1. The van der Waals surface area contributed by atoms with Gasteiger partial charge in [0.15, 0.2) is 0 Å². The maximum Gasteiger partial charge on any atom is 0.224 e. The lowest BCUT2D eigenvalue weighted by Crippen LogP contribution is -2.19. The number of hydrogen-bond acceptors (Lipinski definition) is 2. The average molecular weight is 294 g/mol. The molecule has 1 aromatic carbocycles. The smallest absolute Gasteiger partial charge is 0.224 e. The Labute approximate surface area is 124 Å². The van der Waals surface area contributed by atoms with Crippen molar-refractivity contribution in [2.45, 2.75) is 44.1 Å². The summed E-state index contributed by atoms with van der Waals surface area (Å²) in [5.41, 5.74) is 3.21. The fraction of sp³-hybridized carbons (Fsp3) is 0.562. The van der Waals surface area contributed by atoms with Crippen LogP contribution in [-0.2, 0) is 16.0 Å². The van der Waals surface area contributed by atoms with Crippen molar-refractivity contribution >= 4 is 23.2 Å². The number of amides is 1. The first-order chi connectivity index (χ1) is 9.65. The topological polar surface area (TPSA) is 38.3 Å². The number of carbonyl (C=O) groups excluding carboxylic acids is 1. The summed E-state index contributed by atoms with van der Waals surface area (Å²) in [5.74, 6) is 0.600. The van der Waals surface area contributed by atoms with Crippen LogP contribution in [0.1, 0.15) is 42.7 Å². The highest BCUT2D eigenvalue weighted by Gasteiger charge is 2.32. The number of nitrogens with one attached hydrogen (secondary N) is 1. The molecule has 0 aromatic heterocycles. The van der Waals surface area contributed by atoms with Gasteiger partial charge >= 0.3 is 0 Å². The van der Waals surface area contributed by atoms with E-state index >= 15 is 0 Å². The number of ether oxygens (including phenoxy) is 1. The summed E-state index contributed by atoms with van der Waals surface area (Å²) in [6.45, 7) is 2.99. The van der Waals surface area contributed by atoms with Gasteiger partial charge in [-0.2, -0.15) is 0 Å². The number of benzene rings is 1. The molecule has 0 spiro atoms. The SMILES string of the molecule is CC1CCOC1C(Cl)c1ccc2c(c1)CCCC(=O)N2. The van der Waals surface area contributed by atoms with Crippen molar-refractivity contribution in [3.63, 3.8) is 0 Å². The van der Waals surface area contributed by atoms with Crippen molar-refractivity contribution in [2.75, 3.05) is 11.9 Å². The van der Waals surface area contributed by atoms with Gasteiger partial charge in [-0.15, -0.1) is 11.6 Å². The predicted octanol–water partition coefficient (Wildman–Crippen LogP) is 3.67. The molecule has 2 aliphatic heterocycles. The second-order valence-corrected chi connectivity index (χ2v) is 6.29. The number of carbonyl (C=O) groups is 1. The third-order valence-corrected chi connectivity index (χ3v) is 4.80. The number of rotatable bonds is 2. The lowest BCUT2D eigenvalue weighted by atomic mass is 9.95. The van der Waals surface area contributed by atoms with E-state index in [9.17, 15) is 4.79 Å². The third-order valence-electron chi connectivity index (χ3n) is 4.30. The molecule has 4 heteroatoms. The van der Waals surface area contributed by atoms with Crippen LogP contribution in [0.4, 0.5) is 5.69 Å². The molecular weight excluding hydrogens is 274 g/mol. The second kappa shape index (κ2) is 5.74. The molecule has 1 saturated heterocycles. The second-order valence-electron chi connectivity index (χ2n) is 5.82. The van der Waals surface area contributed by atoms with Gasteiger partial charge in [-0.25, -0.2) is 0 Å². The molecule has 1 aromatic rings.